The first-order valence-electron chi connectivity index (χ1n) is 13.2. The topological polar surface area (TPSA) is 38.0 Å². The maximum atomic E-state index is 5.51. The molecule has 0 radical (unpaired) electrons. The largest absolute Gasteiger partial charge is 0.404 e. The molecule has 196 valence electrons. The Balaban J connectivity index is 1.60. The molecule has 0 aromatic heterocycles. The molecule has 1 aliphatic rings. The third-order valence-corrected chi connectivity index (χ3v) is 9.19. The van der Waals surface area contributed by atoms with Crippen molar-refractivity contribution >= 4 is 57.2 Å². The summed E-state index contributed by atoms with van der Waals surface area (Å²) in [6.45, 7) is 8.22. The number of hydrogen-bond acceptors (Lipinski definition) is 4. The van der Waals surface area contributed by atoms with E-state index in [4.69, 9.17) is 5.73 Å². The van der Waals surface area contributed by atoms with Gasteiger partial charge in [0.15, 0.2) is 0 Å². The average Bonchev–Trinajstić information content (AvgIpc) is 3.55. The average molecular weight is 555 g/mol. The monoisotopic (exact) mass is 554 g/mol. The molecule has 1 aliphatic heterocycles. The smallest absolute Gasteiger partial charge is 0.102 e. The molecule has 6 rings (SSSR count). The lowest BCUT2D eigenvalue weighted by Crippen LogP contribution is -2.06. The van der Waals surface area contributed by atoms with Gasteiger partial charge < -0.3 is 11.1 Å². The standard InChI is InChI=1S/C36H30N2S2/c1-3-25-21-32-33(22-26(25)4-2)35(28-13-15-29(16-14-28)36-38-18-20-40-36)31-8-6-5-7-30(31)34(32)27-11-9-24(10-12-27)23-39-19-17-37/h3-22,36,38H,1-2,23,37H2/b19-17-. The second-order valence-corrected chi connectivity index (χ2v) is 11.6. The number of hydrogen-bond donors (Lipinski definition) is 2. The SMILES string of the molecule is C=Cc1cc2c(-c3ccc(CS/C=C\N)cc3)c3ccccc3c(-c3ccc(C4NC=CS4)cc3)c2cc1C=C. The second kappa shape index (κ2) is 11.5. The molecule has 3 N–H and O–H groups in total. The molecule has 0 amide bonds. The zero-order valence-electron chi connectivity index (χ0n) is 22.1. The van der Waals surface area contributed by atoms with Crippen molar-refractivity contribution in [3.8, 4) is 22.3 Å². The first-order chi connectivity index (χ1) is 19.7. The van der Waals surface area contributed by atoms with Gasteiger partial charge in [-0.3, -0.25) is 0 Å². The molecule has 0 spiro atoms. The third-order valence-electron chi connectivity index (χ3n) is 7.37. The summed E-state index contributed by atoms with van der Waals surface area (Å²) in [4.78, 5) is 0. The van der Waals surface area contributed by atoms with Crippen LogP contribution in [0.1, 0.15) is 27.6 Å². The number of nitrogens with one attached hydrogen (secondary N) is 1. The first-order valence-corrected chi connectivity index (χ1v) is 15.2. The van der Waals surface area contributed by atoms with Crippen molar-refractivity contribution in [1.82, 2.24) is 5.32 Å². The van der Waals surface area contributed by atoms with Crippen molar-refractivity contribution in [3.63, 3.8) is 0 Å². The number of benzene rings is 5. The third kappa shape index (κ3) is 4.85. The Morgan fingerprint density at radius 3 is 1.85 bits per heavy atom. The molecule has 1 heterocycles. The molecule has 1 atom stereocenters. The summed E-state index contributed by atoms with van der Waals surface area (Å²) >= 11 is 3.49. The van der Waals surface area contributed by atoms with Crippen LogP contribution in [0.15, 0.2) is 121 Å². The second-order valence-electron chi connectivity index (χ2n) is 9.67. The zero-order chi connectivity index (χ0) is 27.5. The van der Waals surface area contributed by atoms with Gasteiger partial charge in [-0.1, -0.05) is 98.1 Å². The Kier molecular flexibility index (Phi) is 7.54. The molecule has 2 nitrogen and oxygen atoms in total. The van der Waals surface area contributed by atoms with Gasteiger partial charge in [0.2, 0.25) is 0 Å². The van der Waals surface area contributed by atoms with Crippen molar-refractivity contribution in [2.75, 3.05) is 0 Å². The van der Waals surface area contributed by atoms with Crippen molar-refractivity contribution < 1.29 is 0 Å². The van der Waals surface area contributed by atoms with Crippen molar-refractivity contribution in [2.24, 2.45) is 5.73 Å². The maximum absolute atomic E-state index is 5.51. The Bertz CT molecular complexity index is 1770. The van der Waals surface area contributed by atoms with Gasteiger partial charge in [0.05, 0.1) is 0 Å². The summed E-state index contributed by atoms with van der Waals surface area (Å²) in [5, 5.41) is 12.6. The van der Waals surface area contributed by atoms with E-state index in [1.54, 1.807) is 29.7 Å². The van der Waals surface area contributed by atoms with E-state index in [-0.39, 0.29) is 5.37 Å². The minimum atomic E-state index is 0.264. The summed E-state index contributed by atoms with van der Waals surface area (Å²) < 4.78 is 0. The van der Waals surface area contributed by atoms with Crippen LogP contribution in [0.4, 0.5) is 0 Å². The predicted molar refractivity (Wildman–Crippen MR) is 180 cm³/mol. The van der Waals surface area contributed by atoms with Crippen LogP contribution in [0.5, 0.6) is 0 Å². The maximum Gasteiger partial charge on any atom is 0.102 e. The minimum Gasteiger partial charge on any atom is -0.404 e. The van der Waals surface area contributed by atoms with Crippen LogP contribution < -0.4 is 11.1 Å². The van der Waals surface area contributed by atoms with Crippen LogP contribution in [-0.4, -0.2) is 0 Å². The molecule has 0 aliphatic carbocycles. The quantitative estimate of drug-likeness (QED) is 0.187. The van der Waals surface area contributed by atoms with Gasteiger partial charge in [0, 0.05) is 18.2 Å². The van der Waals surface area contributed by atoms with Crippen LogP contribution in [-0.2, 0) is 5.75 Å². The van der Waals surface area contributed by atoms with Crippen LogP contribution in [0.3, 0.4) is 0 Å². The molecule has 40 heavy (non-hydrogen) atoms. The zero-order valence-corrected chi connectivity index (χ0v) is 23.8. The Morgan fingerprint density at radius 1 is 0.775 bits per heavy atom. The lowest BCUT2D eigenvalue weighted by molar-refractivity contribution is 0.862. The van der Waals surface area contributed by atoms with Crippen molar-refractivity contribution in [3.05, 3.63) is 144 Å². The van der Waals surface area contributed by atoms with Gasteiger partial charge >= 0.3 is 0 Å². The van der Waals surface area contributed by atoms with Crippen LogP contribution in [0, 0.1) is 0 Å². The fourth-order valence-corrected chi connectivity index (χ4v) is 6.86. The molecular formula is C36H30N2S2. The number of fused-ring (bicyclic) bond motifs is 2. The van der Waals surface area contributed by atoms with Crippen molar-refractivity contribution in [1.29, 1.82) is 0 Å². The molecule has 0 saturated carbocycles. The normalized spacial score (nSPS) is 14.7. The molecule has 0 saturated heterocycles. The highest BCUT2D eigenvalue weighted by Crippen LogP contribution is 2.45. The molecular weight excluding hydrogens is 525 g/mol. The van der Waals surface area contributed by atoms with Gasteiger partial charge in [-0.15, -0.1) is 23.5 Å². The van der Waals surface area contributed by atoms with Crippen LogP contribution >= 0.6 is 23.5 Å². The number of nitrogens with two attached hydrogens (primary N) is 1. The van der Waals surface area contributed by atoms with Crippen molar-refractivity contribution in [2.45, 2.75) is 11.1 Å². The van der Waals surface area contributed by atoms with E-state index in [9.17, 15) is 0 Å². The Hall–Kier alpha value is -4.12. The van der Waals surface area contributed by atoms with Gasteiger partial charge in [-0.05, 0) is 89.0 Å². The molecule has 0 bridgehead atoms. The van der Waals surface area contributed by atoms with E-state index in [1.807, 2.05) is 23.8 Å². The van der Waals surface area contributed by atoms with Gasteiger partial charge in [0.25, 0.3) is 0 Å². The summed E-state index contributed by atoms with van der Waals surface area (Å²) in [5.41, 5.74) is 15.1. The van der Waals surface area contributed by atoms with E-state index in [0.717, 1.165) is 16.9 Å². The van der Waals surface area contributed by atoms with E-state index in [1.165, 1.54) is 54.9 Å². The fourth-order valence-electron chi connectivity index (χ4n) is 5.48. The summed E-state index contributed by atoms with van der Waals surface area (Å²) in [5.74, 6) is 0.888. The van der Waals surface area contributed by atoms with E-state index < -0.39 is 0 Å². The van der Waals surface area contributed by atoms with E-state index in [2.05, 4.69) is 109 Å². The number of thioether (sulfide) groups is 2. The Labute approximate surface area is 244 Å². The van der Waals surface area contributed by atoms with Crippen LogP contribution in [0.25, 0.3) is 56.0 Å². The lowest BCUT2D eigenvalue weighted by Gasteiger charge is -2.20. The fraction of sp³-hybridized carbons (Fsp3) is 0.0556. The summed E-state index contributed by atoms with van der Waals surface area (Å²) in [7, 11) is 0. The number of rotatable bonds is 8. The van der Waals surface area contributed by atoms with Gasteiger partial charge in [-0.2, -0.15) is 0 Å². The summed E-state index contributed by atoms with van der Waals surface area (Å²) in [6.07, 6.45) is 7.45. The molecule has 0 fully saturated rings. The van der Waals surface area contributed by atoms with Gasteiger partial charge in [0.1, 0.15) is 5.37 Å². The van der Waals surface area contributed by atoms with E-state index in [0.29, 0.717) is 0 Å². The highest BCUT2D eigenvalue weighted by Gasteiger charge is 2.19. The highest BCUT2D eigenvalue weighted by atomic mass is 32.2. The molecule has 5 aromatic carbocycles. The first kappa shape index (κ1) is 26.1. The Morgan fingerprint density at radius 2 is 1.35 bits per heavy atom. The predicted octanol–water partition coefficient (Wildman–Crippen LogP) is 10.1. The van der Waals surface area contributed by atoms with Crippen LogP contribution in [0.2, 0.25) is 0 Å². The molecule has 1 unspecified atom stereocenters. The lowest BCUT2D eigenvalue weighted by atomic mass is 9.84. The van der Waals surface area contributed by atoms with E-state index >= 15 is 0 Å². The minimum absolute atomic E-state index is 0.264. The molecule has 4 heteroatoms. The molecule has 5 aromatic rings. The van der Waals surface area contributed by atoms with Gasteiger partial charge in [-0.25, -0.2) is 0 Å². The summed E-state index contributed by atoms with van der Waals surface area (Å²) in [6, 6.07) is 31.2. The highest BCUT2D eigenvalue weighted by molar-refractivity contribution is 8.02.